The first-order valence-corrected chi connectivity index (χ1v) is 12.8. The zero-order chi connectivity index (χ0) is 27.1. The molecule has 9 heteroatoms. The smallest absolute Gasteiger partial charge is 0.323 e. The van der Waals surface area contributed by atoms with E-state index < -0.39 is 6.03 Å². The number of likely N-dealkylation sites (N-methyl/N-ethyl adjacent to an activating group) is 1. The Morgan fingerprint density at radius 3 is 2.55 bits per heavy atom. The topological polar surface area (TPSA) is 107 Å². The summed E-state index contributed by atoms with van der Waals surface area (Å²) >= 11 is 0. The van der Waals surface area contributed by atoms with Gasteiger partial charge in [-0.2, -0.15) is 0 Å². The number of aliphatic hydroxyl groups excluding tert-OH is 1. The number of carbonyl (C=O) groups is 2. The van der Waals surface area contributed by atoms with Crippen molar-refractivity contribution in [1.29, 1.82) is 0 Å². The number of para-hydroxylation sites is 1. The predicted octanol–water partition coefficient (Wildman–Crippen LogP) is 4.08. The Morgan fingerprint density at radius 2 is 1.84 bits per heavy atom. The standard InChI is InChI=1S/C29H35N5O4/c1-20-16-34(21(2)19-35)28(36)25-15-24(32-29(37)31-23-7-5-4-6-8-23)9-10-26(25)38-27(20)18-33(3)17-22-11-13-30-14-12-22/h4-15,20-21,27,35H,16-19H2,1-3H3,(H2,31,32,37)/t20-,21+,27+/m1/s1. The maximum Gasteiger partial charge on any atom is 0.323 e. The summed E-state index contributed by atoms with van der Waals surface area (Å²) in [5, 5.41) is 15.5. The van der Waals surface area contributed by atoms with Gasteiger partial charge in [-0.05, 0) is 62.0 Å². The molecule has 0 spiro atoms. The summed E-state index contributed by atoms with van der Waals surface area (Å²) in [6.07, 6.45) is 3.35. The second-order valence-electron chi connectivity index (χ2n) is 9.83. The number of benzene rings is 2. The van der Waals surface area contributed by atoms with Gasteiger partial charge in [0.2, 0.25) is 0 Å². The maximum atomic E-state index is 13.6. The molecule has 3 aromatic rings. The van der Waals surface area contributed by atoms with Crippen molar-refractivity contribution < 1.29 is 19.4 Å². The van der Waals surface area contributed by atoms with E-state index in [0.717, 1.165) is 12.1 Å². The van der Waals surface area contributed by atoms with Gasteiger partial charge in [0.05, 0.1) is 18.2 Å². The molecule has 0 bridgehead atoms. The summed E-state index contributed by atoms with van der Waals surface area (Å²) in [7, 11) is 2.04. The van der Waals surface area contributed by atoms with E-state index in [4.69, 9.17) is 4.74 Å². The lowest BCUT2D eigenvalue weighted by atomic mass is 9.99. The normalized spacial score (nSPS) is 18.1. The number of rotatable bonds is 8. The molecule has 38 heavy (non-hydrogen) atoms. The van der Waals surface area contributed by atoms with Crippen LogP contribution in [-0.4, -0.2) is 70.7 Å². The number of carbonyl (C=O) groups excluding carboxylic acids is 2. The lowest BCUT2D eigenvalue weighted by Crippen LogP contribution is -2.49. The van der Waals surface area contributed by atoms with Gasteiger partial charge in [-0.25, -0.2) is 4.79 Å². The highest BCUT2D eigenvalue weighted by atomic mass is 16.5. The van der Waals surface area contributed by atoms with Gasteiger partial charge >= 0.3 is 6.03 Å². The number of amides is 3. The molecule has 200 valence electrons. The highest BCUT2D eigenvalue weighted by Crippen LogP contribution is 2.31. The van der Waals surface area contributed by atoms with E-state index in [1.54, 1.807) is 47.6 Å². The van der Waals surface area contributed by atoms with Gasteiger partial charge in [0.1, 0.15) is 11.9 Å². The van der Waals surface area contributed by atoms with Crippen LogP contribution in [0.2, 0.25) is 0 Å². The first-order chi connectivity index (χ1) is 18.3. The summed E-state index contributed by atoms with van der Waals surface area (Å²) in [5.41, 5.74) is 2.62. The number of nitrogens with one attached hydrogen (secondary N) is 2. The van der Waals surface area contributed by atoms with Crippen molar-refractivity contribution >= 4 is 23.3 Å². The molecule has 0 saturated heterocycles. The zero-order valence-electron chi connectivity index (χ0n) is 22.0. The molecule has 1 aliphatic heterocycles. The fourth-order valence-corrected chi connectivity index (χ4v) is 4.50. The van der Waals surface area contributed by atoms with Gasteiger partial charge in [0.15, 0.2) is 0 Å². The van der Waals surface area contributed by atoms with Crippen molar-refractivity contribution in [3.05, 3.63) is 84.2 Å². The first-order valence-electron chi connectivity index (χ1n) is 12.8. The molecule has 1 aromatic heterocycles. The highest BCUT2D eigenvalue weighted by molar-refractivity contribution is 6.02. The molecular formula is C29H35N5O4. The van der Waals surface area contributed by atoms with E-state index >= 15 is 0 Å². The quantitative estimate of drug-likeness (QED) is 0.416. The zero-order valence-corrected chi connectivity index (χ0v) is 22.0. The SMILES string of the molecule is C[C@@H]1CN([C@@H](C)CO)C(=O)c2cc(NC(=O)Nc3ccccc3)ccc2O[C@H]1CN(C)Cc1ccncc1. The van der Waals surface area contributed by atoms with Gasteiger partial charge < -0.3 is 25.4 Å². The van der Waals surface area contributed by atoms with Crippen molar-refractivity contribution in [2.45, 2.75) is 32.5 Å². The van der Waals surface area contributed by atoms with Crippen LogP contribution in [0.3, 0.4) is 0 Å². The summed E-state index contributed by atoms with van der Waals surface area (Å²) in [5.74, 6) is 0.215. The second-order valence-corrected chi connectivity index (χ2v) is 9.83. The maximum absolute atomic E-state index is 13.6. The number of ether oxygens (including phenoxy) is 1. The molecule has 9 nitrogen and oxygen atoms in total. The number of hydrogen-bond acceptors (Lipinski definition) is 6. The van der Waals surface area contributed by atoms with Crippen molar-refractivity contribution in [2.75, 3.05) is 37.4 Å². The third kappa shape index (κ3) is 6.87. The first kappa shape index (κ1) is 27.1. The van der Waals surface area contributed by atoms with Gasteiger partial charge in [0, 0.05) is 49.3 Å². The number of hydrogen-bond donors (Lipinski definition) is 3. The number of fused-ring (bicyclic) bond motifs is 1. The van der Waals surface area contributed by atoms with Crippen LogP contribution in [0.15, 0.2) is 73.1 Å². The number of aliphatic hydroxyl groups is 1. The van der Waals surface area contributed by atoms with Crippen LogP contribution in [-0.2, 0) is 6.54 Å². The summed E-state index contributed by atoms with van der Waals surface area (Å²) < 4.78 is 6.45. The second kappa shape index (κ2) is 12.5. The van der Waals surface area contributed by atoms with Crippen LogP contribution in [0.25, 0.3) is 0 Å². The Kier molecular flexibility index (Phi) is 8.93. The number of pyridine rings is 1. The van der Waals surface area contributed by atoms with Crippen LogP contribution in [0.5, 0.6) is 5.75 Å². The average molecular weight is 518 g/mol. The molecule has 2 aromatic carbocycles. The Morgan fingerprint density at radius 1 is 1.13 bits per heavy atom. The van der Waals surface area contributed by atoms with Crippen molar-refractivity contribution in [3.63, 3.8) is 0 Å². The fraction of sp³-hybridized carbons (Fsp3) is 0.345. The van der Waals surface area contributed by atoms with E-state index in [1.807, 2.05) is 44.3 Å². The molecule has 0 unspecified atom stereocenters. The Hall–Kier alpha value is -3.95. The highest BCUT2D eigenvalue weighted by Gasteiger charge is 2.33. The predicted molar refractivity (Wildman–Crippen MR) is 147 cm³/mol. The molecular weight excluding hydrogens is 482 g/mol. The number of urea groups is 1. The molecule has 3 N–H and O–H groups in total. The Labute approximate surface area is 223 Å². The Bertz CT molecular complexity index is 1220. The van der Waals surface area contributed by atoms with Crippen LogP contribution in [0.1, 0.15) is 29.8 Å². The minimum atomic E-state index is -0.417. The van der Waals surface area contributed by atoms with E-state index in [2.05, 4.69) is 27.4 Å². The molecule has 0 aliphatic carbocycles. The van der Waals surface area contributed by atoms with Crippen molar-refractivity contribution in [3.8, 4) is 5.75 Å². The lowest BCUT2D eigenvalue weighted by Gasteiger charge is -2.38. The third-order valence-electron chi connectivity index (χ3n) is 6.65. The summed E-state index contributed by atoms with van der Waals surface area (Å²) in [4.78, 5) is 34.1. The van der Waals surface area contributed by atoms with Gasteiger partial charge in [-0.3, -0.25) is 14.7 Å². The molecule has 3 amide bonds. The van der Waals surface area contributed by atoms with Crippen LogP contribution < -0.4 is 15.4 Å². The Balaban J connectivity index is 1.56. The average Bonchev–Trinajstić information content (AvgIpc) is 2.91. The third-order valence-corrected chi connectivity index (χ3v) is 6.65. The lowest BCUT2D eigenvalue weighted by molar-refractivity contribution is 0.0341. The number of anilines is 2. The largest absolute Gasteiger partial charge is 0.488 e. The minimum Gasteiger partial charge on any atom is -0.488 e. The van der Waals surface area contributed by atoms with E-state index in [9.17, 15) is 14.7 Å². The molecule has 0 saturated carbocycles. The minimum absolute atomic E-state index is 0.00967. The molecule has 0 radical (unpaired) electrons. The van der Waals surface area contributed by atoms with E-state index in [0.29, 0.717) is 35.8 Å². The van der Waals surface area contributed by atoms with Crippen molar-refractivity contribution in [1.82, 2.24) is 14.8 Å². The molecule has 4 rings (SSSR count). The van der Waals surface area contributed by atoms with Gasteiger partial charge in [-0.1, -0.05) is 25.1 Å². The fourth-order valence-electron chi connectivity index (χ4n) is 4.50. The van der Waals surface area contributed by atoms with Gasteiger partial charge in [-0.15, -0.1) is 0 Å². The molecule has 1 aliphatic rings. The van der Waals surface area contributed by atoms with Crippen molar-refractivity contribution in [2.24, 2.45) is 5.92 Å². The number of nitrogens with zero attached hydrogens (tertiary/aromatic N) is 3. The van der Waals surface area contributed by atoms with Crippen LogP contribution in [0, 0.1) is 5.92 Å². The van der Waals surface area contributed by atoms with Crippen LogP contribution >= 0.6 is 0 Å². The number of aromatic nitrogens is 1. The summed E-state index contributed by atoms with van der Waals surface area (Å²) in [6.45, 7) is 5.53. The molecule has 0 fully saturated rings. The van der Waals surface area contributed by atoms with Gasteiger partial charge in [0.25, 0.3) is 5.91 Å². The summed E-state index contributed by atoms with van der Waals surface area (Å²) in [6, 6.07) is 17.4. The molecule has 3 atom stereocenters. The van der Waals surface area contributed by atoms with E-state index in [-0.39, 0.29) is 30.6 Å². The van der Waals surface area contributed by atoms with Crippen LogP contribution in [0.4, 0.5) is 16.2 Å². The molecule has 2 heterocycles. The monoisotopic (exact) mass is 517 g/mol. The van der Waals surface area contributed by atoms with E-state index in [1.165, 1.54) is 0 Å².